The first kappa shape index (κ1) is 12.0. The number of hydrogen-bond acceptors (Lipinski definition) is 5. The molecule has 6 heteroatoms. The summed E-state index contributed by atoms with van der Waals surface area (Å²) in [4.78, 5) is 13.0. The lowest BCUT2D eigenvalue weighted by molar-refractivity contribution is 1.12. The van der Waals surface area contributed by atoms with Gasteiger partial charge in [0.15, 0.2) is 10.8 Å². The Labute approximate surface area is 125 Å². The predicted molar refractivity (Wildman–Crippen MR) is 83.8 cm³/mol. The van der Waals surface area contributed by atoms with Crippen molar-refractivity contribution in [2.24, 2.45) is 0 Å². The number of nitrogens with one attached hydrogen (secondary N) is 1. The molecule has 4 aromatic rings. The molecule has 0 radical (unpaired) electrons. The van der Waals surface area contributed by atoms with Crippen molar-refractivity contribution in [3.63, 3.8) is 0 Å². The molecular weight excluding hydrogens is 282 g/mol. The summed E-state index contributed by atoms with van der Waals surface area (Å²) in [5.41, 5.74) is 3.71. The van der Waals surface area contributed by atoms with E-state index >= 15 is 0 Å². The van der Waals surface area contributed by atoms with Crippen molar-refractivity contribution >= 4 is 27.8 Å². The molecule has 4 rings (SSSR count). The number of thiazole rings is 1. The first-order valence-corrected chi connectivity index (χ1v) is 7.33. The second-order valence-corrected chi connectivity index (χ2v) is 5.33. The minimum Gasteiger partial charge on any atom is -0.332 e. The Morgan fingerprint density at radius 2 is 2.00 bits per heavy atom. The van der Waals surface area contributed by atoms with Crippen LogP contribution in [0.3, 0.4) is 0 Å². The van der Waals surface area contributed by atoms with E-state index in [1.165, 1.54) is 0 Å². The minimum absolute atomic E-state index is 0.818. The normalized spacial score (nSPS) is 10.9. The van der Waals surface area contributed by atoms with Crippen LogP contribution < -0.4 is 5.32 Å². The van der Waals surface area contributed by atoms with Crippen molar-refractivity contribution < 1.29 is 0 Å². The SMILES string of the molecule is c1ccc(Nc2nc(-c3cnc4cnccn34)cs2)cc1. The van der Waals surface area contributed by atoms with E-state index in [-0.39, 0.29) is 0 Å². The van der Waals surface area contributed by atoms with Crippen molar-refractivity contribution in [2.75, 3.05) is 5.32 Å². The molecular formula is C15H11N5S. The Morgan fingerprint density at radius 3 is 2.90 bits per heavy atom. The van der Waals surface area contributed by atoms with Crippen LogP contribution in [0.15, 0.2) is 60.5 Å². The van der Waals surface area contributed by atoms with E-state index in [1.807, 2.05) is 52.5 Å². The van der Waals surface area contributed by atoms with Gasteiger partial charge in [0.25, 0.3) is 0 Å². The molecule has 0 fully saturated rings. The standard InChI is InChI=1S/C15H11N5S/c1-2-4-11(5-3-1)18-15-19-12(10-21-15)13-8-17-14-9-16-6-7-20(13)14/h1-10H,(H,18,19). The van der Waals surface area contributed by atoms with Gasteiger partial charge < -0.3 is 5.32 Å². The maximum atomic E-state index is 4.62. The van der Waals surface area contributed by atoms with Gasteiger partial charge >= 0.3 is 0 Å². The van der Waals surface area contributed by atoms with Crippen molar-refractivity contribution in [3.05, 3.63) is 60.5 Å². The summed E-state index contributed by atoms with van der Waals surface area (Å²) in [5.74, 6) is 0. The van der Waals surface area contributed by atoms with Crippen LogP contribution in [0.2, 0.25) is 0 Å². The average molecular weight is 293 g/mol. The number of para-hydroxylation sites is 1. The molecule has 0 bridgehead atoms. The molecule has 21 heavy (non-hydrogen) atoms. The van der Waals surface area contributed by atoms with E-state index in [0.717, 1.165) is 27.9 Å². The van der Waals surface area contributed by atoms with E-state index < -0.39 is 0 Å². The van der Waals surface area contributed by atoms with Crippen molar-refractivity contribution in [2.45, 2.75) is 0 Å². The Bertz CT molecular complexity index is 881. The van der Waals surface area contributed by atoms with Gasteiger partial charge in [-0.25, -0.2) is 9.97 Å². The van der Waals surface area contributed by atoms with Gasteiger partial charge in [-0.05, 0) is 12.1 Å². The minimum atomic E-state index is 0.818. The third-order valence-electron chi connectivity index (χ3n) is 3.11. The van der Waals surface area contributed by atoms with E-state index in [1.54, 1.807) is 23.7 Å². The van der Waals surface area contributed by atoms with Crippen LogP contribution in [0.4, 0.5) is 10.8 Å². The molecule has 1 aromatic carbocycles. The highest BCUT2D eigenvalue weighted by Crippen LogP contribution is 2.27. The van der Waals surface area contributed by atoms with Gasteiger partial charge in [0, 0.05) is 23.5 Å². The van der Waals surface area contributed by atoms with Crippen molar-refractivity contribution in [1.29, 1.82) is 0 Å². The molecule has 0 saturated carbocycles. The molecule has 0 amide bonds. The lowest BCUT2D eigenvalue weighted by Gasteiger charge is -2.01. The van der Waals surface area contributed by atoms with Crippen molar-refractivity contribution in [3.8, 4) is 11.4 Å². The van der Waals surface area contributed by atoms with Gasteiger partial charge in [0.2, 0.25) is 0 Å². The van der Waals surface area contributed by atoms with Gasteiger partial charge in [-0.3, -0.25) is 9.38 Å². The van der Waals surface area contributed by atoms with Gasteiger partial charge in [-0.1, -0.05) is 18.2 Å². The van der Waals surface area contributed by atoms with E-state index in [2.05, 4.69) is 20.3 Å². The number of rotatable bonds is 3. The summed E-state index contributed by atoms with van der Waals surface area (Å²) < 4.78 is 1.98. The largest absolute Gasteiger partial charge is 0.332 e. The highest BCUT2D eigenvalue weighted by atomic mass is 32.1. The smallest absolute Gasteiger partial charge is 0.187 e. The highest BCUT2D eigenvalue weighted by molar-refractivity contribution is 7.14. The summed E-state index contributed by atoms with van der Waals surface area (Å²) >= 11 is 1.57. The predicted octanol–water partition coefficient (Wildman–Crippen LogP) is 3.60. The molecule has 3 aromatic heterocycles. The van der Waals surface area contributed by atoms with Crippen LogP contribution in [0, 0.1) is 0 Å². The molecule has 102 valence electrons. The molecule has 0 unspecified atom stereocenters. The monoisotopic (exact) mass is 293 g/mol. The fourth-order valence-corrected chi connectivity index (χ4v) is 2.85. The Kier molecular flexibility index (Phi) is 2.86. The molecule has 0 aliphatic rings. The second-order valence-electron chi connectivity index (χ2n) is 4.48. The molecule has 1 N–H and O–H groups in total. The number of hydrogen-bond donors (Lipinski definition) is 1. The zero-order valence-corrected chi connectivity index (χ0v) is 11.8. The average Bonchev–Trinajstić information content (AvgIpc) is 3.14. The van der Waals surface area contributed by atoms with Gasteiger partial charge in [-0.2, -0.15) is 0 Å². The maximum Gasteiger partial charge on any atom is 0.187 e. The maximum absolute atomic E-state index is 4.62. The molecule has 0 atom stereocenters. The molecule has 0 aliphatic heterocycles. The van der Waals surface area contributed by atoms with Gasteiger partial charge in [-0.15, -0.1) is 11.3 Å². The second kappa shape index (κ2) is 4.99. The van der Waals surface area contributed by atoms with E-state index in [0.29, 0.717) is 0 Å². The third kappa shape index (κ3) is 2.25. The summed E-state index contributed by atoms with van der Waals surface area (Å²) in [5, 5.41) is 6.18. The van der Waals surface area contributed by atoms with E-state index in [9.17, 15) is 0 Å². The van der Waals surface area contributed by atoms with Crippen LogP contribution in [-0.2, 0) is 0 Å². The zero-order valence-electron chi connectivity index (χ0n) is 11.0. The van der Waals surface area contributed by atoms with E-state index in [4.69, 9.17) is 0 Å². The molecule has 0 spiro atoms. The van der Waals surface area contributed by atoms with Crippen LogP contribution in [0.25, 0.3) is 17.0 Å². The number of aromatic nitrogens is 4. The number of nitrogens with zero attached hydrogens (tertiary/aromatic N) is 4. The molecule has 5 nitrogen and oxygen atoms in total. The fourth-order valence-electron chi connectivity index (χ4n) is 2.13. The summed E-state index contributed by atoms with van der Waals surface area (Å²) in [6.45, 7) is 0. The number of imidazole rings is 1. The lowest BCUT2D eigenvalue weighted by atomic mass is 10.3. The third-order valence-corrected chi connectivity index (χ3v) is 3.87. The zero-order chi connectivity index (χ0) is 14.1. The summed E-state index contributed by atoms with van der Waals surface area (Å²) in [6.07, 6.45) is 7.19. The van der Waals surface area contributed by atoms with Gasteiger partial charge in [0.05, 0.1) is 18.1 Å². The van der Waals surface area contributed by atoms with Crippen LogP contribution >= 0.6 is 11.3 Å². The lowest BCUT2D eigenvalue weighted by Crippen LogP contribution is -1.91. The first-order valence-electron chi connectivity index (χ1n) is 6.45. The molecule has 0 saturated heterocycles. The molecule has 0 aliphatic carbocycles. The Balaban J connectivity index is 1.68. The van der Waals surface area contributed by atoms with Crippen molar-refractivity contribution in [1.82, 2.24) is 19.4 Å². The fraction of sp³-hybridized carbons (Fsp3) is 0. The Hall–Kier alpha value is -2.73. The summed E-state index contributed by atoms with van der Waals surface area (Å²) in [7, 11) is 0. The van der Waals surface area contributed by atoms with Crippen LogP contribution in [0.5, 0.6) is 0 Å². The number of anilines is 2. The molecule has 3 heterocycles. The van der Waals surface area contributed by atoms with Crippen LogP contribution in [0.1, 0.15) is 0 Å². The topological polar surface area (TPSA) is 55.1 Å². The Morgan fingerprint density at radius 1 is 1.10 bits per heavy atom. The quantitative estimate of drug-likeness (QED) is 0.627. The number of benzene rings is 1. The highest BCUT2D eigenvalue weighted by Gasteiger charge is 2.09. The van der Waals surface area contributed by atoms with Gasteiger partial charge in [0.1, 0.15) is 5.69 Å². The summed E-state index contributed by atoms with van der Waals surface area (Å²) in [6, 6.07) is 10.0. The number of fused-ring (bicyclic) bond motifs is 1. The first-order chi connectivity index (χ1) is 10.4. The van der Waals surface area contributed by atoms with Crippen LogP contribution in [-0.4, -0.2) is 19.4 Å².